The lowest BCUT2D eigenvalue weighted by molar-refractivity contribution is 1.31. The molecule has 0 unspecified atom stereocenters. The molecule has 27 heavy (non-hydrogen) atoms. The summed E-state index contributed by atoms with van der Waals surface area (Å²) in [7, 11) is 0. The van der Waals surface area contributed by atoms with Crippen molar-refractivity contribution in [3.63, 3.8) is 0 Å². The van der Waals surface area contributed by atoms with Gasteiger partial charge in [0, 0.05) is 23.2 Å². The lowest BCUT2D eigenvalue weighted by Gasteiger charge is -2.03. The lowest BCUT2D eigenvalue weighted by atomic mass is 10.2. The Morgan fingerprint density at radius 2 is 1.59 bits per heavy atom. The zero-order valence-electron chi connectivity index (χ0n) is 14.2. The fourth-order valence-corrected chi connectivity index (χ4v) is 4.56. The second kappa shape index (κ2) is 6.90. The van der Waals surface area contributed by atoms with Gasteiger partial charge in [0.25, 0.3) is 0 Å². The molecule has 0 bridgehead atoms. The van der Waals surface area contributed by atoms with Crippen molar-refractivity contribution in [2.24, 2.45) is 0 Å². The molecule has 0 saturated carbocycles. The molecule has 5 aromatic rings. The van der Waals surface area contributed by atoms with Gasteiger partial charge >= 0.3 is 0 Å². The molecule has 130 valence electrons. The number of fused-ring (bicyclic) bond motifs is 1. The van der Waals surface area contributed by atoms with Gasteiger partial charge in [0.1, 0.15) is 5.82 Å². The van der Waals surface area contributed by atoms with Crippen LogP contribution in [0.15, 0.2) is 78.4 Å². The van der Waals surface area contributed by atoms with E-state index in [1.807, 2.05) is 48.8 Å². The van der Waals surface area contributed by atoms with Crippen molar-refractivity contribution >= 4 is 44.4 Å². The maximum Gasteiger partial charge on any atom is 0.188 e. The normalized spacial score (nSPS) is 11.0. The predicted molar refractivity (Wildman–Crippen MR) is 114 cm³/mol. The Bertz CT molecular complexity index is 1210. The van der Waals surface area contributed by atoms with E-state index in [1.165, 1.54) is 0 Å². The number of thiazole rings is 1. The van der Waals surface area contributed by atoms with Gasteiger partial charge in [-0.2, -0.15) is 0 Å². The molecule has 1 N–H and O–H groups in total. The first-order valence-corrected chi connectivity index (χ1v) is 10.1. The van der Waals surface area contributed by atoms with Crippen molar-refractivity contribution in [2.75, 3.05) is 5.32 Å². The predicted octanol–water partition coefficient (Wildman–Crippen LogP) is 6.23. The summed E-state index contributed by atoms with van der Waals surface area (Å²) in [6.45, 7) is 0. The van der Waals surface area contributed by atoms with Crippen LogP contribution in [-0.4, -0.2) is 15.0 Å². The highest BCUT2D eigenvalue weighted by atomic mass is 32.1. The van der Waals surface area contributed by atoms with Crippen LogP contribution >= 0.6 is 22.7 Å². The first kappa shape index (κ1) is 16.1. The minimum absolute atomic E-state index is 0.801. The van der Waals surface area contributed by atoms with Crippen LogP contribution in [0.25, 0.3) is 31.9 Å². The summed E-state index contributed by atoms with van der Waals surface area (Å²) in [5.74, 6) is 0.801. The molecular weight excluding hydrogens is 372 g/mol. The van der Waals surface area contributed by atoms with Crippen molar-refractivity contribution in [3.8, 4) is 21.1 Å². The Hall–Kier alpha value is -3.09. The highest BCUT2D eigenvalue weighted by molar-refractivity contribution is 7.19. The molecule has 0 amide bonds. The molecule has 0 saturated heterocycles. The number of nitrogens with one attached hydrogen (secondary N) is 1. The molecule has 4 aromatic heterocycles. The van der Waals surface area contributed by atoms with Crippen LogP contribution in [0.2, 0.25) is 0 Å². The van der Waals surface area contributed by atoms with Crippen LogP contribution < -0.4 is 5.32 Å². The zero-order chi connectivity index (χ0) is 18.1. The average molecular weight is 387 g/mol. The van der Waals surface area contributed by atoms with Gasteiger partial charge < -0.3 is 5.32 Å². The number of pyridine rings is 2. The summed E-state index contributed by atoms with van der Waals surface area (Å²) in [4.78, 5) is 15.9. The first-order chi connectivity index (χ1) is 13.3. The van der Waals surface area contributed by atoms with Gasteiger partial charge in [-0.05, 0) is 35.7 Å². The van der Waals surface area contributed by atoms with E-state index in [1.54, 1.807) is 22.7 Å². The molecule has 1 aromatic carbocycles. The van der Waals surface area contributed by atoms with Crippen molar-refractivity contribution in [3.05, 3.63) is 78.4 Å². The van der Waals surface area contributed by atoms with Gasteiger partial charge in [-0.1, -0.05) is 30.3 Å². The topological polar surface area (TPSA) is 50.7 Å². The van der Waals surface area contributed by atoms with Crippen molar-refractivity contribution in [1.82, 2.24) is 15.0 Å². The van der Waals surface area contributed by atoms with Crippen LogP contribution in [0, 0.1) is 0 Å². The lowest BCUT2D eigenvalue weighted by Crippen LogP contribution is -1.92. The molecule has 0 spiro atoms. The summed E-state index contributed by atoms with van der Waals surface area (Å²) in [6.07, 6.45) is 3.70. The van der Waals surface area contributed by atoms with E-state index < -0.39 is 0 Å². The number of hydrogen-bond donors (Lipinski definition) is 1. The minimum atomic E-state index is 0.801. The summed E-state index contributed by atoms with van der Waals surface area (Å²) >= 11 is 3.28. The van der Waals surface area contributed by atoms with Crippen LogP contribution in [0.5, 0.6) is 0 Å². The number of anilines is 2. The largest absolute Gasteiger partial charge is 0.316 e. The molecule has 0 fully saturated rings. The van der Waals surface area contributed by atoms with E-state index >= 15 is 0 Å². The standard InChI is InChI=1S/C21H14N4S2/c1-2-6-15-12-23-20(11-14(15)5-1)25-21-24-17(13-26-21)19-9-8-18(27-19)16-7-3-4-10-22-16/h1-13H,(H,23,24,25). The summed E-state index contributed by atoms with van der Waals surface area (Å²) in [5, 5.41) is 8.50. The van der Waals surface area contributed by atoms with Gasteiger partial charge in [0.2, 0.25) is 0 Å². The monoisotopic (exact) mass is 386 g/mol. The van der Waals surface area contributed by atoms with E-state index in [9.17, 15) is 0 Å². The van der Waals surface area contributed by atoms with Crippen LogP contribution in [0.1, 0.15) is 0 Å². The summed E-state index contributed by atoms with van der Waals surface area (Å²) in [5.41, 5.74) is 1.96. The number of aromatic nitrogens is 3. The van der Waals surface area contributed by atoms with Crippen LogP contribution in [0.4, 0.5) is 10.9 Å². The fraction of sp³-hybridized carbons (Fsp3) is 0. The molecule has 0 radical (unpaired) electrons. The van der Waals surface area contributed by atoms with Crippen molar-refractivity contribution in [2.45, 2.75) is 0 Å². The molecular formula is C21H14N4S2. The van der Waals surface area contributed by atoms with Gasteiger partial charge in [-0.25, -0.2) is 9.97 Å². The fourth-order valence-electron chi connectivity index (χ4n) is 2.83. The summed E-state index contributed by atoms with van der Waals surface area (Å²) < 4.78 is 0. The Morgan fingerprint density at radius 3 is 2.44 bits per heavy atom. The Morgan fingerprint density at radius 1 is 0.778 bits per heavy atom. The SMILES string of the molecule is c1ccc(-c2ccc(-c3csc(Nc4cc5ccccc5cn4)n3)s2)nc1. The highest BCUT2D eigenvalue weighted by Gasteiger charge is 2.10. The number of rotatable bonds is 4. The van der Waals surface area contributed by atoms with Crippen molar-refractivity contribution < 1.29 is 0 Å². The van der Waals surface area contributed by atoms with Crippen LogP contribution in [-0.2, 0) is 0 Å². The second-order valence-electron chi connectivity index (χ2n) is 5.96. The molecule has 5 rings (SSSR count). The third-order valence-corrected chi connectivity index (χ3v) is 6.03. The van der Waals surface area contributed by atoms with E-state index in [4.69, 9.17) is 4.98 Å². The van der Waals surface area contributed by atoms with E-state index in [0.717, 1.165) is 42.9 Å². The molecule has 0 aliphatic heterocycles. The summed E-state index contributed by atoms with van der Waals surface area (Å²) in [6, 6.07) is 20.4. The van der Waals surface area contributed by atoms with Crippen LogP contribution in [0.3, 0.4) is 0 Å². The molecule has 0 aliphatic carbocycles. The van der Waals surface area contributed by atoms with Gasteiger partial charge in [0.15, 0.2) is 5.13 Å². The molecule has 6 heteroatoms. The molecule has 4 heterocycles. The highest BCUT2D eigenvalue weighted by Crippen LogP contribution is 2.35. The Balaban J connectivity index is 1.39. The number of hydrogen-bond acceptors (Lipinski definition) is 6. The number of nitrogens with zero attached hydrogens (tertiary/aromatic N) is 3. The smallest absolute Gasteiger partial charge is 0.188 e. The molecule has 4 nitrogen and oxygen atoms in total. The van der Waals surface area contributed by atoms with E-state index in [2.05, 4.69) is 44.9 Å². The minimum Gasteiger partial charge on any atom is -0.316 e. The maximum absolute atomic E-state index is 4.72. The first-order valence-electron chi connectivity index (χ1n) is 8.44. The number of thiophene rings is 1. The van der Waals surface area contributed by atoms with Crippen molar-refractivity contribution in [1.29, 1.82) is 0 Å². The Kier molecular flexibility index (Phi) is 4.12. The third kappa shape index (κ3) is 3.32. The second-order valence-corrected chi connectivity index (χ2v) is 7.90. The van der Waals surface area contributed by atoms with Gasteiger partial charge in [0.05, 0.1) is 21.1 Å². The average Bonchev–Trinajstić information content (AvgIpc) is 3.38. The van der Waals surface area contributed by atoms with Gasteiger partial charge in [-0.15, -0.1) is 22.7 Å². The Labute approximate surface area is 164 Å². The van der Waals surface area contributed by atoms with E-state index in [0.29, 0.717) is 0 Å². The number of benzene rings is 1. The molecule has 0 atom stereocenters. The maximum atomic E-state index is 4.72. The zero-order valence-corrected chi connectivity index (χ0v) is 15.8. The molecule has 0 aliphatic rings. The van der Waals surface area contributed by atoms with Gasteiger partial charge in [-0.3, -0.25) is 4.98 Å². The third-order valence-electron chi connectivity index (χ3n) is 4.15. The quantitative estimate of drug-likeness (QED) is 0.398. The van der Waals surface area contributed by atoms with E-state index in [-0.39, 0.29) is 0 Å².